The van der Waals surface area contributed by atoms with Crippen molar-refractivity contribution in [2.24, 2.45) is 0 Å². The van der Waals surface area contributed by atoms with Crippen LogP contribution in [0.3, 0.4) is 0 Å². The normalized spacial score (nSPS) is 13.9. The van der Waals surface area contributed by atoms with E-state index < -0.39 is 6.04 Å². The molecule has 0 spiro atoms. The summed E-state index contributed by atoms with van der Waals surface area (Å²) < 4.78 is 10.8. The first kappa shape index (κ1) is 17.4. The number of carbonyl (C=O) groups is 1. The van der Waals surface area contributed by atoms with Gasteiger partial charge in [0.15, 0.2) is 11.5 Å². The van der Waals surface area contributed by atoms with Crippen LogP contribution in [-0.2, 0) is 11.3 Å². The highest BCUT2D eigenvalue weighted by atomic mass is 16.7. The van der Waals surface area contributed by atoms with E-state index in [1.54, 1.807) is 0 Å². The third-order valence-electron chi connectivity index (χ3n) is 4.61. The summed E-state index contributed by atoms with van der Waals surface area (Å²) in [4.78, 5) is 22.4. The lowest BCUT2D eigenvalue weighted by Gasteiger charge is -2.24. The van der Waals surface area contributed by atoms with E-state index in [0.29, 0.717) is 18.0 Å². The molecule has 4 rings (SSSR count). The molecule has 1 aromatic heterocycles. The van der Waals surface area contributed by atoms with Crippen molar-refractivity contribution >= 4 is 16.9 Å². The molecule has 0 unspecified atom stereocenters. The molecule has 7 nitrogen and oxygen atoms in total. The van der Waals surface area contributed by atoms with E-state index in [4.69, 9.17) is 9.47 Å². The highest BCUT2D eigenvalue weighted by Crippen LogP contribution is 2.35. The summed E-state index contributed by atoms with van der Waals surface area (Å²) in [7, 11) is 3.77. The summed E-state index contributed by atoms with van der Waals surface area (Å²) >= 11 is 0. The Morgan fingerprint density at radius 3 is 2.85 bits per heavy atom. The molecule has 2 heterocycles. The van der Waals surface area contributed by atoms with E-state index in [-0.39, 0.29) is 12.7 Å². The minimum Gasteiger partial charge on any atom is -0.454 e. The second-order valence-electron chi connectivity index (χ2n) is 6.87. The predicted octanol–water partition coefficient (Wildman–Crippen LogP) is 2.52. The lowest BCUT2D eigenvalue weighted by atomic mass is 10.0. The number of benzene rings is 2. The van der Waals surface area contributed by atoms with Gasteiger partial charge in [-0.1, -0.05) is 12.1 Å². The molecule has 2 N–H and O–H groups in total. The topological polar surface area (TPSA) is 79.5 Å². The molecule has 0 saturated heterocycles. The lowest BCUT2D eigenvalue weighted by molar-refractivity contribution is -0.125. The third kappa shape index (κ3) is 3.46. The number of hydrogen-bond donors (Lipinski definition) is 2. The van der Waals surface area contributed by atoms with Gasteiger partial charge in [0.1, 0.15) is 11.9 Å². The number of ether oxygens (including phenoxy) is 2. The van der Waals surface area contributed by atoms with Crippen molar-refractivity contribution in [3.05, 3.63) is 53.3 Å². The van der Waals surface area contributed by atoms with Crippen molar-refractivity contribution in [2.45, 2.75) is 19.5 Å². The van der Waals surface area contributed by atoms with Crippen molar-refractivity contribution < 1.29 is 14.3 Å². The summed E-state index contributed by atoms with van der Waals surface area (Å²) in [5.41, 5.74) is 3.78. The molecule has 7 heteroatoms. The zero-order valence-corrected chi connectivity index (χ0v) is 15.6. The van der Waals surface area contributed by atoms with Gasteiger partial charge < -0.3 is 19.8 Å². The van der Waals surface area contributed by atoms with Crippen LogP contribution in [0, 0.1) is 6.92 Å². The number of hydrogen-bond acceptors (Lipinski definition) is 5. The summed E-state index contributed by atoms with van der Waals surface area (Å²) in [6, 6.07) is 11.1. The maximum absolute atomic E-state index is 12.9. The van der Waals surface area contributed by atoms with E-state index in [2.05, 4.69) is 15.3 Å². The number of rotatable bonds is 5. The standard InChI is InChI=1S/C20H22N4O3/c1-12-22-15-6-4-13(8-16(15)23-12)10-21-20(25)19(24(2)3)14-5-7-17-18(9-14)27-11-26-17/h4-9,19H,10-11H2,1-3H3,(H,21,25)(H,22,23)/t19-/m0/s1. The van der Waals surface area contributed by atoms with Crippen LogP contribution in [0.5, 0.6) is 11.5 Å². The third-order valence-corrected chi connectivity index (χ3v) is 4.61. The molecular formula is C20H22N4O3. The molecule has 27 heavy (non-hydrogen) atoms. The second kappa shape index (κ2) is 6.92. The van der Waals surface area contributed by atoms with Crippen LogP contribution in [0.2, 0.25) is 0 Å². The van der Waals surface area contributed by atoms with E-state index in [0.717, 1.165) is 28.0 Å². The number of imidazole rings is 1. The van der Waals surface area contributed by atoms with Crippen LogP contribution in [0.4, 0.5) is 0 Å². The van der Waals surface area contributed by atoms with Gasteiger partial charge in [-0.05, 0) is 56.4 Å². The SMILES string of the molecule is Cc1nc2ccc(CNC(=O)[C@H](c3ccc4c(c3)OCO4)N(C)C)cc2[nH]1. The number of likely N-dealkylation sites (N-methyl/N-ethyl adjacent to an activating group) is 1. The molecule has 1 atom stereocenters. The van der Waals surface area contributed by atoms with E-state index >= 15 is 0 Å². The van der Waals surface area contributed by atoms with Gasteiger partial charge in [-0.15, -0.1) is 0 Å². The van der Waals surface area contributed by atoms with E-state index in [1.165, 1.54) is 0 Å². The molecule has 0 radical (unpaired) electrons. The maximum atomic E-state index is 12.9. The fraction of sp³-hybridized carbons (Fsp3) is 0.300. The van der Waals surface area contributed by atoms with E-state index in [1.807, 2.05) is 62.3 Å². The molecule has 0 saturated carbocycles. The van der Waals surface area contributed by atoms with Crippen LogP contribution in [0.1, 0.15) is 23.0 Å². The van der Waals surface area contributed by atoms with Crippen LogP contribution >= 0.6 is 0 Å². The molecule has 140 valence electrons. The van der Waals surface area contributed by atoms with Crippen molar-refractivity contribution in [3.8, 4) is 11.5 Å². The van der Waals surface area contributed by atoms with Crippen LogP contribution in [0.25, 0.3) is 11.0 Å². The van der Waals surface area contributed by atoms with Gasteiger partial charge >= 0.3 is 0 Å². The Labute approximate surface area is 157 Å². The zero-order valence-electron chi connectivity index (χ0n) is 15.6. The summed E-state index contributed by atoms with van der Waals surface area (Å²) in [6.45, 7) is 2.59. The Kier molecular flexibility index (Phi) is 4.45. The number of carbonyl (C=O) groups excluding carboxylic acids is 1. The van der Waals surface area contributed by atoms with Gasteiger partial charge in [0.2, 0.25) is 12.7 Å². The molecule has 2 aromatic carbocycles. The molecule has 1 aliphatic rings. The quantitative estimate of drug-likeness (QED) is 0.725. The number of aromatic amines is 1. The van der Waals surface area contributed by atoms with Crippen molar-refractivity contribution in [2.75, 3.05) is 20.9 Å². The Hall–Kier alpha value is -3.06. The van der Waals surface area contributed by atoms with Crippen molar-refractivity contribution in [1.29, 1.82) is 0 Å². The largest absolute Gasteiger partial charge is 0.454 e. The number of fused-ring (bicyclic) bond motifs is 2. The Morgan fingerprint density at radius 2 is 2.04 bits per heavy atom. The lowest BCUT2D eigenvalue weighted by Crippen LogP contribution is -2.36. The molecule has 1 amide bonds. The molecule has 0 aliphatic carbocycles. The number of nitrogens with zero attached hydrogens (tertiary/aromatic N) is 2. The molecule has 1 aliphatic heterocycles. The highest BCUT2D eigenvalue weighted by Gasteiger charge is 2.25. The van der Waals surface area contributed by atoms with Gasteiger partial charge in [-0.2, -0.15) is 0 Å². The fourth-order valence-corrected chi connectivity index (χ4v) is 3.35. The van der Waals surface area contributed by atoms with Crippen LogP contribution in [-0.4, -0.2) is 41.7 Å². The summed E-state index contributed by atoms with van der Waals surface area (Å²) in [6.07, 6.45) is 0. The minimum absolute atomic E-state index is 0.0697. The van der Waals surface area contributed by atoms with Gasteiger partial charge in [0, 0.05) is 6.54 Å². The van der Waals surface area contributed by atoms with Crippen molar-refractivity contribution in [1.82, 2.24) is 20.2 Å². The molecule has 0 bridgehead atoms. The monoisotopic (exact) mass is 366 g/mol. The fourth-order valence-electron chi connectivity index (χ4n) is 3.35. The Balaban J connectivity index is 1.50. The first-order valence-corrected chi connectivity index (χ1v) is 8.80. The summed E-state index contributed by atoms with van der Waals surface area (Å²) in [5.74, 6) is 2.19. The van der Waals surface area contributed by atoms with Gasteiger partial charge in [0.25, 0.3) is 0 Å². The smallest absolute Gasteiger partial charge is 0.242 e. The highest BCUT2D eigenvalue weighted by molar-refractivity contribution is 5.83. The minimum atomic E-state index is -0.419. The first-order valence-electron chi connectivity index (χ1n) is 8.80. The molecule has 0 fully saturated rings. The summed E-state index contributed by atoms with van der Waals surface area (Å²) in [5, 5.41) is 3.03. The molecular weight excluding hydrogens is 344 g/mol. The van der Waals surface area contributed by atoms with Crippen LogP contribution < -0.4 is 14.8 Å². The number of amides is 1. The average Bonchev–Trinajstić information content (AvgIpc) is 3.24. The van der Waals surface area contributed by atoms with Crippen LogP contribution in [0.15, 0.2) is 36.4 Å². The number of aryl methyl sites for hydroxylation is 1. The second-order valence-corrected chi connectivity index (χ2v) is 6.87. The Morgan fingerprint density at radius 1 is 1.22 bits per heavy atom. The van der Waals surface area contributed by atoms with E-state index in [9.17, 15) is 4.79 Å². The average molecular weight is 366 g/mol. The number of aromatic nitrogens is 2. The first-order chi connectivity index (χ1) is 13.0. The van der Waals surface area contributed by atoms with Crippen molar-refractivity contribution in [3.63, 3.8) is 0 Å². The maximum Gasteiger partial charge on any atom is 0.242 e. The van der Waals surface area contributed by atoms with Gasteiger partial charge in [-0.3, -0.25) is 9.69 Å². The predicted molar refractivity (Wildman–Crippen MR) is 102 cm³/mol. The number of nitrogens with one attached hydrogen (secondary N) is 2. The van der Waals surface area contributed by atoms with Gasteiger partial charge in [-0.25, -0.2) is 4.98 Å². The Bertz CT molecular complexity index is 996. The number of H-pyrrole nitrogens is 1. The van der Waals surface area contributed by atoms with Gasteiger partial charge in [0.05, 0.1) is 11.0 Å². The zero-order chi connectivity index (χ0) is 19.0. The molecule has 3 aromatic rings.